The van der Waals surface area contributed by atoms with Gasteiger partial charge in [0.1, 0.15) is 0 Å². The number of nitrogen functional groups attached to an aromatic ring is 1. The fourth-order valence-electron chi connectivity index (χ4n) is 1.27. The van der Waals surface area contributed by atoms with Gasteiger partial charge >= 0.3 is 0 Å². The third-order valence-corrected chi connectivity index (χ3v) is 2.01. The Morgan fingerprint density at radius 3 is 2.80 bits per heavy atom. The fourth-order valence-corrected chi connectivity index (χ4v) is 1.27. The van der Waals surface area contributed by atoms with Crippen molar-refractivity contribution in [1.29, 1.82) is 0 Å². The summed E-state index contributed by atoms with van der Waals surface area (Å²) in [6, 6.07) is 5.44. The minimum absolute atomic E-state index is 0.102. The first-order valence-electron chi connectivity index (χ1n) is 4.46. The largest absolute Gasteiger partial charge is 0.382 e. The number of anilines is 1. The number of ketones is 1. The Morgan fingerprint density at radius 1 is 1.47 bits per heavy atom. The van der Waals surface area contributed by atoms with Crippen LogP contribution in [0.3, 0.4) is 0 Å². The van der Waals surface area contributed by atoms with Crippen LogP contribution in [0.5, 0.6) is 0 Å². The van der Waals surface area contributed by atoms with Gasteiger partial charge in [0.05, 0.1) is 5.56 Å². The maximum absolute atomic E-state index is 11.2. The zero-order chi connectivity index (χ0) is 10.8. The van der Waals surface area contributed by atoms with E-state index in [1.807, 2.05) is 12.1 Å². The van der Waals surface area contributed by atoms with Crippen molar-refractivity contribution in [3.05, 3.63) is 36.2 Å². The molecule has 0 saturated heterocycles. The third-order valence-electron chi connectivity index (χ3n) is 2.01. The standard InChI is InChI=1S/C10H10N4O/c1-7(15)8-6-14(13-10(8)11)9-4-2-3-5-12-9/h2-6H,1H3,(H2,11,13). The summed E-state index contributed by atoms with van der Waals surface area (Å²) in [6.45, 7) is 1.45. The number of rotatable bonds is 2. The van der Waals surface area contributed by atoms with Crippen LogP contribution in [0.2, 0.25) is 0 Å². The fraction of sp³-hybridized carbons (Fsp3) is 0.100. The Bertz CT molecular complexity index is 489. The lowest BCUT2D eigenvalue weighted by atomic mass is 10.2. The van der Waals surface area contributed by atoms with E-state index in [4.69, 9.17) is 5.73 Å². The van der Waals surface area contributed by atoms with E-state index in [1.54, 1.807) is 18.5 Å². The van der Waals surface area contributed by atoms with Crippen molar-refractivity contribution in [2.24, 2.45) is 0 Å². The number of Topliss-reactive ketones (excluding diaryl/α,β-unsaturated/α-hetero) is 1. The van der Waals surface area contributed by atoms with Crippen LogP contribution in [-0.2, 0) is 0 Å². The van der Waals surface area contributed by atoms with Crippen molar-refractivity contribution in [1.82, 2.24) is 14.8 Å². The zero-order valence-corrected chi connectivity index (χ0v) is 8.21. The number of pyridine rings is 1. The highest BCUT2D eigenvalue weighted by Crippen LogP contribution is 2.12. The summed E-state index contributed by atoms with van der Waals surface area (Å²) in [5, 5.41) is 4.01. The van der Waals surface area contributed by atoms with E-state index in [1.165, 1.54) is 11.6 Å². The van der Waals surface area contributed by atoms with Crippen molar-refractivity contribution in [3.63, 3.8) is 0 Å². The second-order valence-corrected chi connectivity index (χ2v) is 3.12. The molecule has 0 fully saturated rings. The molecule has 0 aliphatic carbocycles. The Hall–Kier alpha value is -2.17. The summed E-state index contributed by atoms with van der Waals surface area (Å²) in [6.07, 6.45) is 3.24. The second-order valence-electron chi connectivity index (χ2n) is 3.12. The number of nitrogens with two attached hydrogens (primary N) is 1. The van der Waals surface area contributed by atoms with E-state index in [9.17, 15) is 4.79 Å². The van der Waals surface area contributed by atoms with Gasteiger partial charge in [-0.2, -0.15) is 0 Å². The monoisotopic (exact) mass is 202 g/mol. The minimum Gasteiger partial charge on any atom is -0.382 e. The Morgan fingerprint density at radius 2 is 2.27 bits per heavy atom. The normalized spacial score (nSPS) is 10.2. The van der Waals surface area contributed by atoms with Crippen molar-refractivity contribution >= 4 is 11.6 Å². The molecule has 5 nitrogen and oxygen atoms in total. The molecule has 76 valence electrons. The van der Waals surface area contributed by atoms with Crippen LogP contribution in [0.1, 0.15) is 17.3 Å². The van der Waals surface area contributed by atoms with Crippen LogP contribution in [0.4, 0.5) is 5.82 Å². The topological polar surface area (TPSA) is 73.8 Å². The van der Waals surface area contributed by atoms with Gasteiger partial charge in [0.15, 0.2) is 17.4 Å². The summed E-state index contributed by atoms with van der Waals surface area (Å²) in [5.41, 5.74) is 6.02. The summed E-state index contributed by atoms with van der Waals surface area (Å²) in [5.74, 6) is 0.763. The number of hydrogen-bond donors (Lipinski definition) is 1. The van der Waals surface area contributed by atoms with Crippen LogP contribution in [0.15, 0.2) is 30.6 Å². The molecule has 0 aliphatic heterocycles. The molecule has 0 bridgehead atoms. The smallest absolute Gasteiger partial charge is 0.165 e. The van der Waals surface area contributed by atoms with Gasteiger partial charge in [-0.15, -0.1) is 5.10 Å². The van der Waals surface area contributed by atoms with E-state index < -0.39 is 0 Å². The number of aromatic nitrogens is 3. The Kier molecular flexibility index (Phi) is 2.21. The minimum atomic E-state index is -0.102. The zero-order valence-electron chi connectivity index (χ0n) is 8.21. The SMILES string of the molecule is CC(=O)c1cn(-c2ccccn2)nc1N. The molecule has 0 amide bonds. The maximum Gasteiger partial charge on any atom is 0.165 e. The molecule has 2 N–H and O–H groups in total. The molecule has 0 radical (unpaired) electrons. The van der Waals surface area contributed by atoms with Crippen LogP contribution >= 0.6 is 0 Å². The molecular weight excluding hydrogens is 192 g/mol. The van der Waals surface area contributed by atoms with Gasteiger partial charge in [0.25, 0.3) is 0 Å². The number of nitrogens with zero attached hydrogens (tertiary/aromatic N) is 3. The van der Waals surface area contributed by atoms with Crippen molar-refractivity contribution in [2.45, 2.75) is 6.92 Å². The molecule has 0 saturated carbocycles. The van der Waals surface area contributed by atoms with Gasteiger partial charge in [0, 0.05) is 12.4 Å². The lowest BCUT2D eigenvalue weighted by Gasteiger charge is -1.96. The molecule has 0 spiro atoms. The van der Waals surface area contributed by atoms with Gasteiger partial charge < -0.3 is 5.73 Å². The van der Waals surface area contributed by atoms with Gasteiger partial charge in [0.2, 0.25) is 0 Å². The van der Waals surface area contributed by atoms with E-state index in [-0.39, 0.29) is 11.6 Å². The average molecular weight is 202 g/mol. The van der Waals surface area contributed by atoms with Gasteiger partial charge in [-0.1, -0.05) is 6.07 Å². The highest BCUT2D eigenvalue weighted by atomic mass is 16.1. The predicted octanol–water partition coefficient (Wildman–Crippen LogP) is 1.05. The van der Waals surface area contributed by atoms with Crippen molar-refractivity contribution in [3.8, 4) is 5.82 Å². The summed E-state index contributed by atoms with van der Waals surface area (Å²) in [4.78, 5) is 15.3. The third kappa shape index (κ3) is 1.71. The first-order chi connectivity index (χ1) is 7.18. The van der Waals surface area contributed by atoms with Crippen LogP contribution in [-0.4, -0.2) is 20.5 Å². The molecule has 0 aliphatic rings. The maximum atomic E-state index is 11.2. The van der Waals surface area contributed by atoms with Crippen molar-refractivity contribution < 1.29 is 4.79 Å². The summed E-state index contributed by atoms with van der Waals surface area (Å²) in [7, 11) is 0. The quantitative estimate of drug-likeness (QED) is 0.739. The second kappa shape index (κ2) is 3.53. The van der Waals surface area contributed by atoms with Gasteiger partial charge in [-0.25, -0.2) is 9.67 Å². The molecule has 0 aromatic carbocycles. The van der Waals surface area contributed by atoms with E-state index in [2.05, 4.69) is 10.1 Å². The number of carbonyl (C=O) groups is 1. The molecule has 15 heavy (non-hydrogen) atoms. The van der Waals surface area contributed by atoms with Crippen LogP contribution in [0.25, 0.3) is 5.82 Å². The Balaban J connectivity index is 2.48. The molecule has 2 aromatic heterocycles. The molecule has 2 aromatic rings. The lowest BCUT2D eigenvalue weighted by Crippen LogP contribution is -1.98. The summed E-state index contributed by atoms with van der Waals surface area (Å²) >= 11 is 0. The number of carbonyl (C=O) groups excluding carboxylic acids is 1. The molecule has 0 atom stereocenters. The van der Waals surface area contributed by atoms with E-state index in [0.29, 0.717) is 11.4 Å². The lowest BCUT2D eigenvalue weighted by molar-refractivity contribution is 0.101. The van der Waals surface area contributed by atoms with E-state index >= 15 is 0 Å². The first kappa shape index (κ1) is 9.39. The van der Waals surface area contributed by atoms with Gasteiger partial charge in [-0.05, 0) is 19.1 Å². The highest BCUT2D eigenvalue weighted by Gasteiger charge is 2.10. The summed E-state index contributed by atoms with van der Waals surface area (Å²) < 4.78 is 1.49. The molecular formula is C10H10N4O. The van der Waals surface area contributed by atoms with E-state index in [0.717, 1.165) is 0 Å². The van der Waals surface area contributed by atoms with Crippen LogP contribution in [0, 0.1) is 0 Å². The molecule has 5 heteroatoms. The van der Waals surface area contributed by atoms with Crippen molar-refractivity contribution in [2.75, 3.05) is 5.73 Å². The predicted molar refractivity (Wildman–Crippen MR) is 55.8 cm³/mol. The molecule has 2 rings (SSSR count). The van der Waals surface area contributed by atoms with Gasteiger partial charge in [-0.3, -0.25) is 4.79 Å². The van der Waals surface area contributed by atoms with Crippen LogP contribution < -0.4 is 5.73 Å². The number of hydrogen-bond acceptors (Lipinski definition) is 4. The Labute approximate surface area is 86.5 Å². The molecule has 2 heterocycles. The first-order valence-corrected chi connectivity index (χ1v) is 4.46. The highest BCUT2D eigenvalue weighted by molar-refractivity contribution is 5.98. The molecule has 0 unspecified atom stereocenters. The average Bonchev–Trinajstić information content (AvgIpc) is 2.62.